The number of anilines is 1. The second kappa shape index (κ2) is 10.3. The molecule has 1 aliphatic rings. The molecular weight excluding hydrogens is 410 g/mol. The fraction of sp³-hybridized carbons (Fsp3) is 0.286. The first-order valence-electron chi connectivity index (χ1n) is 11.4. The van der Waals surface area contributed by atoms with Crippen LogP contribution in [0, 0.1) is 17.2 Å². The SMILES string of the molecule is C[C@H](CN[C@H](c1ccccc1)[C@H]1CNc2cccc(C#N)c2C1)c1cccc(CC(=O)O)c1. The monoisotopic (exact) mass is 439 g/mol. The molecule has 1 aliphatic heterocycles. The number of benzene rings is 3. The first kappa shape index (κ1) is 22.6. The maximum Gasteiger partial charge on any atom is 0.307 e. The third kappa shape index (κ3) is 5.42. The van der Waals surface area contributed by atoms with Crippen LogP contribution in [-0.4, -0.2) is 24.2 Å². The van der Waals surface area contributed by atoms with Gasteiger partial charge < -0.3 is 15.7 Å². The molecule has 3 atom stereocenters. The maximum absolute atomic E-state index is 11.1. The molecule has 0 saturated carbocycles. The molecule has 1 heterocycles. The van der Waals surface area contributed by atoms with Crippen molar-refractivity contribution >= 4 is 11.7 Å². The lowest BCUT2D eigenvalue weighted by molar-refractivity contribution is -0.136. The molecule has 3 aromatic rings. The Bertz CT molecular complexity index is 1150. The second-order valence-corrected chi connectivity index (χ2v) is 8.80. The Balaban J connectivity index is 1.53. The maximum atomic E-state index is 11.1. The number of fused-ring (bicyclic) bond motifs is 1. The molecule has 0 aliphatic carbocycles. The number of hydrogen-bond acceptors (Lipinski definition) is 4. The zero-order chi connectivity index (χ0) is 23.2. The summed E-state index contributed by atoms with van der Waals surface area (Å²) >= 11 is 0. The number of aliphatic carboxylic acids is 1. The number of nitriles is 1. The third-order valence-electron chi connectivity index (χ3n) is 6.47. The molecule has 0 fully saturated rings. The predicted octanol–water partition coefficient (Wildman–Crippen LogP) is 4.90. The molecule has 0 aromatic heterocycles. The van der Waals surface area contributed by atoms with Crippen molar-refractivity contribution in [3.63, 3.8) is 0 Å². The van der Waals surface area contributed by atoms with Crippen molar-refractivity contribution in [1.29, 1.82) is 5.26 Å². The van der Waals surface area contributed by atoms with E-state index in [2.05, 4.69) is 54.0 Å². The number of rotatable bonds is 8. The summed E-state index contributed by atoms with van der Waals surface area (Å²) in [6.07, 6.45) is 0.871. The van der Waals surface area contributed by atoms with E-state index in [9.17, 15) is 10.1 Å². The highest BCUT2D eigenvalue weighted by Crippen LogP contribution is 2.34. The van der Waals surface area contributed by atoms with E-state index in [1.807, 2.05) is 42.5 Å². The average molecular weight is 440 g/mol. The quantitative estimate of drug-likeness (QED) is 0.465. The molecule has 0 saturated heterocycles. The van der Waals surface area contributed by atoms with Crippen LogP contribution in [0.3, 0.4) is 0 Å². The van der Waals surface area contributed by atoms with E-state index in [1.165, 1.54) is 5.56 Å². The van der Waals surface area contributed by atoms with Gasteiger partial charge in [-0.1, -0.05) is 67.6 Å². The van der Waals surface area contributed by atoms with E-state index in [1.54, 1.807) is 0 Å². The van der Waals surface area contributed by atoms with Crippen LogP contribution < -0.4 is 10.6 Å². The Morgan fingerprint density at radius 1 is 1.12 bits per heavy atom. The Kier molecular flexibility index (Phi) is 7.07. The van der Waals surface area contributed by atoms with Gasteiger partial charge in [-0.05, 0) is 52.6 Å². The second-order valence-electron chi connectivity index (χ2n) is 8.80. The summed E-state index contributed by atoms with van der Waals surface area (Å²) in [5.74, 6) is -0.299. The fourth-order valence-corrected chi connectivity index (χ4v) is 4.71. The molecule has 3 aromatic carbocycles. The number of carboxylic acids is 1. The van der Waals surface area contributed by atoms with Gasteiger partial charge in [-0.2, -0.15) is 5.26 Å². The van der Waals surface area contributed by atoms with E-state index in [0.717, 1.165) is 47.5 Å². The summed E-state index contributed by atoms with van der Waals surface area (Å²) in [5.41, 5.74) is 6.07. The average Bonchev–Trinajstić information content (AvgIpc) is 2.84. The van der Waals surface area contributed by atoms with E-state index >= 15 is 0 Å². The highest BCUT2D eigenvalue weighted by Gasteiger charge is 2.29. The van der Waals surface area contributed by atoms with Gasteiger partial charge in [-0.25, -0.2) is 0 Å². The first-order valence-corrected chi connectivity index (χ1v) is 11.4. The van der Waals surface area contributed by atoms with Crippen molar-refractivity contribution in [3.05, 3.63) is 101 Å². The molecular formula is C28H29N3O2. The summed E-state index contributed by atoms with van der Waals surface area (Å²) in [5, 5.41) is 26.0. The summed E-state index contributed by atoms with van der Waals surface area (Å²) in [7, 11) is 0. The lowest BCUT2D eigenvalue weighted by Crippen LogP contribution is -2.37. The number of carboxylic acid groups (broad SMARTS) is 1. The van der Waals surface area contributed by atoms with E-state index in [4.69, 9.17) is 5.11 Å². The summed E-state index contributed by atoms with van der Waals surface area (Å²) in [6, 6.07) is 26.7. The molecule has 0 spiro atoms. The number of hydrogen-bond donors (Lipinski definition) is 3. The minimum absolute atomic E-state index is 0.0367. The molecule has 0 unspecified atom stereocenters. The summed E-state index contributed by atoms with van der Waals surface area (Å²) in [6.45, 7) is 3.76. The Morgan fingerprint density at radius 3 is 2.64 bits per heavy atom. The molecule has 0 bridgehead atoms. The van der Waals surface area contributed by atoms with Gasteiger partial charge in [0.15, 0.2) is 0 Å². The van der Waals surface area contributed by atoms with Gasteiger partial charge in [-0.3, -0.25) is 4.79 Å². The Hall–Kier alpha value is -3.62. The smallest absolute Gasteiger partial charge is 0.307 e. The highest BCUT2D eigenvalue weighted by atomic mass is 16.4. The van der Waals surface area contributed by atoms with Gasteiger partial charge in [0.05, 0.1) is 18.1 Å². The Labute approximate surface area is 195 Å². The van der Waals surface area contributed by atoms with Gasteiger partial charge in [0.25, 0.3) is 0 Å². The van der Waals surface area contributed by atoms with Crippen LogP contribution in [0.5, 0.6) is 0 Å². The van der Waals surface area contributed by atoms with Crippen LogP contribution >= 0.6 is 0 Å². The lowest BCUT2D eigenvalue weighted by Gasteiger charge is -2.34. The molecule has 5 nitrogen and oxygen atoms in total. The standard InChI is InChI=1S/C28H29N3O2/c1-19(22-10-5-7-20(13-22)14-27(32)33)17-31-28(21-8-3-2-4-9-21)24-15-25-23(16-29)11-6-12-26(25)30-18-24/h2-13,19,24,28,30-31H,14-15,17-18H2,1H3,(H,32,33)/t19-,24-,28-/m1/s1. The third-order valence-corrected chi connectivity index (χ3v) is 6.47. The molecule has 0 amide bonds. The van der Waals surface area contributed by atoms with Crippen LogP contribution in [0.15, 0.2) is 72.8 Å². The molecule has 3 N–H and O–H groups in total. The van der Waals surface area contributed by atoms with Crippen LogP contribution in [0.25, 0.3) is 0 Å². The fourth-order valence-electron chi connectivity index (χ4n) is 4.71. The van der Waals surface area contributed by atoms with Gasteiger partial charge >= 0.3 is 5.97 Å². The Morgan fingerprint density at radius 2 is 1.88 bits per heavy atom. The van der Waals surface area contributed by atoms with Crippen LogP contribution in [-0.2, 0) is 17.6 Å². The van der Waals surface area contributed by atoms with E-state index in [0.29, 0.717) is 5.92 Å². The van der Waals surface area contributed by atoms with Crippen molar-refractivity contribution in [2.45, 2.75) is 31.7 Å². The summed E-state index contributed by atoms with van der Waals surface area (Å²) in [4.78, 5) is 11.1. The van der Waals surface area contributed by atoms with Crippen LogP contribution in [0.2, 0.25) is 0 Å². The predicted molar refractivity (Wildman–Crippen MR) is 130 cm³/mol. The first-order chi connectivity index (χ1) is 16.0. The number of nitrogens with zero attached hydrogens (tertiary/aromatic N) is 1. The van der Waals surface area contributed by atoms with E-state index < -0.39 is 5.97 Å². The highest BCUT2D eigenvalue weighted by molar-refractivity contribution is 5.70. The molecule has 5 heteroatoms. The molecule has 0 radical (unpaired) electrons. The van der Waals surface area contributed by atoms with Crippen LogP contribution in [0.1, 0.15) is 46.7 Å². The van der Waals surface area contributed by atoms with Gasteiger partial charge in [0, 0.05) is 24.8 Å². The van der Waals surface area contributed by atoms with Crippen molar-refractivity contribution in [1.82, 2.24) is 5.32 Å². The van der Waals surface area contributed by atoms with Crippen molar-refractivity contribution in [3.8, 4) is 6.07 Å². The minimum Gasteiger partial charge on any atom is -0.481 e. The number of carbonyl (C=O) groups is 1. The van der Waals surface area contributed by atoms with Crippen molar-refractivity contribution in [2.75, 3.05) is 18.4 Å². The molecule has 33 heavy (non-hydrogen) atoms. The van der Waals surface area contributed by atoms with Gasteiger partial charge in [-0.15, -0.1) is 0 Å². The van der Waals surface area contributed by atoms with Crippen LogP contribution in [0.4, 0.5) is 5.69 Å². The van der Waals surface area contributed by atoms with Crippen molar-refractivity contribution < 1.29 is 9.90 Å². The van der Waals surface area contributed by atoms with Gasteiger partial charge in [0.1, 0.15) is 0 Å². The van der Waals surface area contributed by atoms with Gasteiger partial charge in [0.2, 0.25) is 0 Å². The topological polar surface area (TPSA) is 85.1 Å². The normalized spacial score (nSPS) is 16.7. The largest absolute Gasteiger partial charge is 0.481 e. The van der Waals surface area contributed by atoms with Crippen molar-refractivity contribution in [2.24, 2.45) is 5.92 Å². The minimum atomic E-state index is -0.816. The lowest BCUT2D eigenvalue weighted by atomic mass is 9.83. The summed E-state index contributed by atoms with van der Waals surface area (Å²) < 4.78 is 0. The van der Waals surface area contributed by atoms with E-state index in [-0.39, 0.29) is 18.4 Å². The molecule has 4 rings (SSSR count). The number of nitrogens with one attached hydrogen (secondary N) is 2. The molecule has 168 valence electrons. The zero-order valence-corrected chi connectivity index (χ0v) is 18.8. The zero-order valence-electron chi connectivity index (χ0n) is 18.8.